The van der Waals surface area contributed by atoms with Gasteiger partial charge < -0.3 is 11.1 Å². The largest absolute Gasteiger partial charge is 0.366 e. The van der Waals surface area contributed by atoms with E-state index in [9.17, 15) is 18.4 Å². The monoisotopic (exact) mass is 240 g/mol. The third-order valence-electron chi connectivity index (χ3n) is 2.53. The first-order chi connectivity index (χ1) is 7.99. The molecule has 1 aliphatic carbocycles. The molecule has 0 heterocycles. The number of hydrogen-bond donors (Lipinski definition) is 2. The number of amides is 2. The summed E-state index contributed by atoms with van der Waals surface area (Å²) >= 11 is 0. The third-order valence-corrected chi connectivity index (χ3v) is 2.53. The average Bonchev–Trinajstić information content (AvgIpc) is 3.04. The molecule has 1 aromatic rings. The minimum absolute atomic E-state index is 0.114. The number of nitrogens with one attached hydrogen (secondary N) is 1. The smallest absolute Gasteiger partial charge is 0.251 e. The van der Waals surface area contributed by atoms with Crippen molar-refractivity contribution in [3.8, 4) is 0 Å². The van der Waals surface area contributed by atoms with Gasteiger partial charge in [0.25, 0.3) is 5.91 Å². The first-order valence-electron chi connectivity index (χ1n) is 5.08. The molecule has 0 atom stereocenters. The molecule has 0 aromatic heterocycles. The van der Waals surface area contributed by atoms with E-state index in [1.54, 1.807) is 0 Å². The van der Waals surface area contributed by atoms with Crippen LogP contribution in [0.1, 0.15) is 23.2 Å². The summed E-state index contributed by atoms with van der Waals surface area (Å²) in [6.45, 7) is 0. The fourth-order valence-electron chi connectivity index (χ4n) is 1.41. The van der Waals surface area contributed by atoms with Crippen molar-refractivity contribution in [2.24, 2.45) is 11.7 Å². The number of primary amides is 1. The lowest BCUT2D eigenvalue weighted by Gasteiger charge is -2.07. The molecule has 17 heavy (non-hydrogen) atoms. The fraction of sp³-hybridized carbons (Fsp3) is 0.273. The van der Waals surface area contributed by atoms with Crippen LogP contribution in [-0.4, -0.2) is 11.8 Å². The van der Waals surface area contributed by atoms with Crippen LogP contribution < -0.4 is 11.1 Å². The minimum atomic E-state index is -1.04. The van der Waals surface area contributed by atoms with Crippen LogP contribution in [0.15, 0.2) is 12.1 Å². The number of hydrogen-bond acceptors (Lipinski definition) is 2. The zero-order chi connectivity index (χ0) is 12.6. The second-order valence-electron chi connectivity index (χ2n) is 3.94. The quantitative estimate of drug-likeness (QED) is 0.838. The molecule has 90 valence electrons. The molecule has 0 saturated heterocycles. The van der Waals surface area contributed by atoms with Gasteiger partial charge in [0.15, 0.2) is 0 Å². The maximum atomic E-state index is 13.3. The van der Waals surface area contributed by atoms with Crippen molar-refractivity contribution in [2.45, 2.75) is 12.8 Å². The van der Waals surface area contributed by atoms with Gasteiger partial charge in [-0.2, -0.15) is 0 Å². The van der Waals surface area contributed by atoms with E-state index in [1.165, 1.54) is 0 Å². The van der Waals surface area contributed by atoms with Gasteiger partial charge in [-0.05, 0) is 18.9 Å². The number of benzene rings is 1. The van der Waals surface area contributed by atoms with E-state index in [0.717, 1.165) is 18.9 Å². The molecule has 1 aliphatic rings. The normalized spacial score (nSPS) is 14.5. The van der Waals surface area contributed by atoms with Gasteiger partial charge in [-0.25, -0.2) is 8.78 Å². The summed E-state index contributed by atoms with van der Waals surface area (Å²) < 4.78 is 26.5. The topological polar surface area (TPSA) is 72.2 Å². The third kappa shape index (κ3) is 2.41. The number of carbonyl (C=O) groups excluding carboxylic acids is 2. The van der Waals surface area contributed by atoms with Gasteiger partial charge in [-0.3, -0.25) is 9.59 Å². The van der Waals surface area contributed by atoms with Crippen molar-refractivity contribution in [3.05, 3.63) is 29.3 Å². The first kappa shape index (κ1) is 11.5. The molecule has 2 rings (SSSR count). The summed E-state index contributed by atoms with van der Waals surface area (Å²) in [6, 6.07) is 1.44. The van der Waals surface area contributed by atoms with Gasteiger partial charge in [0, 0.05) is 12.0 Å². The second-order valence-corrected chi connectivity index (χ2v) is 3.94. The highest BCUT2D eigenvalue weighted by Gasteiger charge is 2.30. The molecule has 0 spiro atoms. The Balaban J connectivity index is 2.29. The van der Waals surface area contributed by atoms with Crippen LogP contribution in [0.4, 0.5) is 14.5 Å². The number of rotatable bonds is 3. The van der Waals surface area contributed by atoms with Crippen LogP contribution in [-0.2, 0) is 4.79 Å². The molecule has 6 heteroatoms. The standard InChI is InChI=1S/C11H10F2N2O2/c12-7-4-8(13)9(3-6(7)10(14)16)15-11(17)5-1-2-5/h3-5H,1-2H2,(H2,14,16)(H,15,17). The summed E-state index contributed by atoms with van der Waals surface area (Å²) in [5.74, 6) is -3.42. The lowest BCUT2D eigenvalue weighted by atomic mass is 10.1. The number of nitrogens with two attached hydrogens (primary N) is 1. The van der Waals surface area contributed by atoms with Gasteiger partial charge in [0.2, 0.25) is 5.91 Å². The Labute approximate surface area is 95.8 Å². The lowest BCUT2D eigenvalue weighted by Crippen LogP contribution is -2.18. The molecule has 1 saturated carbocycles. The Hall–Kier alpha value is -1.98. The Bertz CT molecular complexity index is 498. The molecule has 0 unspecified atom stereocenters. The zero-order valence-corrected chi connectivity index (χ0v) is 8.80. The Morgan fingerprint density at radius 2 is 1.88 bits per heavy atom. The van der Waals surface area contributed by atoms with E-state index in [4.69, 9.17) is 5.73 Å². The number of halogens is 2. The van der Waals surface area contributed by atoms with Crippen molar-refractivity contribution in [3.63, 3.8) is 0 Å². The predicted molar refractivity (Wildman–Crippen MR) is 56.2 cm³/mol. The summed E-state index contributed by atoms with van der Waals surface area (Å²) in [4.78, 5) is 22.3. The summed E-state index contributed by atoms with van der Waals surface area (Å²) in [5, 5.41) is 2.31. The molecule has 2 amide bonds. The molecular weight excluding hydrogens is 230 g/mol. The fourth-order valence-corrected chi connectivity index (χ4v) is 1.41. The van der Waals surface area contributed by atoms with Crippen LogP contribution in [0.25, 0.3) is 0 Å². The molecule has 0 aliphatic heterocycles. The SMILES string of the molecule is NC(=O)c1cc(NC(=O)C2CC2)c(F)cc1F. The van der Waals surface area contributed by atoms with Gasteiger partial charge in [0.1, 0.15) is 11.6 Å². The summed E-state index contributed by atoms with van der Waals surface area (Å²) in [7, 11) is 0. The van der Waals surface area contributed by atoms with Crippen LogP contribution >= 0.6 is 0 Å². The van der Waals surface area contributed by atoms with Gasteiger partial charge in [-0.1, -0.05) is 0 Å². The molecule has 1 fully saturated rings. The van der Waals surface area contributed by atoms with Gasteiger partial charge in [0.05, 0.1) is 11.3 Å². The van der Waals surface area contributed by atoms with Crippen LogP contribution in [0, 0.1) is 17.6 Å². The van der Waals surface area contributed by atoms with Crippen molar-refractivity contribution in [2.75, 3.05) is 5.32 Å². The van der Waals surface area contributed by atoms with Crippen molar-refractivity contribution >= 4 is 17.5 Å². The maximum Gasteiger partial charge on any atom is 0.251 e. The van der Waals surface area contributed by atoms with Crippen LogP contribution in [0.5, 0.6) is 0 Å². The number of anilines is 1. The summed E-state index contributed by atoms with van der Waals surface area (Å²) in [6.07, 6.45) is 1.52. The van der Waals surface area contributed by atoms with E-state index >= 15 is 0 Å². The average molecular weight is 240 g/mol. The highest BCUT2D eigenvalue weighted by Crippen LogP contribution is 2.31. The van der Waals surface area contributed by atoms with E-state index in [1.807, 2.05) is 0 Å². The van der Waals surface area contributed by atoms with Gasteiger partial charge in [-0.15, -0.1) is 0 Å². The Morgan fingerprint density at radius 1 is 1.24 bits per heavy atom. The molecule has 4 nitrogen and oxygen atoms in total. The van der Waals surface area contributed by atoms with Crippen molar-refractivity contribution in [1.29, 1.82) is 0 Å². The Morgan fingerprint density at radius 3 is 2.41 bits per heavy atom. The molecule has 1 aromatic carbocycles. The highest BCUT2D eigenvalue weighted by atomic mass is 19.1. The lowest BCUT2D eigenvalue weighted by molar-refractivity contribution is -0.117. The van der Waals surface area contributed by atoms with E-state index < -0.39 is 23.1 Å². The summed E-state index contributed by atoms with van der Waals surface area (Å²) in [5.41, 5.74) is 4.25. The van der Waals surface area contributed by atoms with Crippen molar-refractivity contribution in [1.82, 2.24) is 0 Å². The molecule has 0 bridgehead atoms. The van der Waals surface area contributed by atoms with Crippen LogP contribution in [0.3, 0.4) is 0 Å². The first-order valence-corrected chi connectivity index (χ1v) is 5.08. The van der Waals surface area contributed by atoms with E-state index in [-0.39, 0.29) is 17.5 Å². The minimum Gasteiger partial charge on any atom is -0.366 e. The number of carbonyl (C=O) groups is 2. The predicted octanol–water partition coefficient (Wildman–Crippen LogP) is 1.41. The molecule has 0 radical (unpaired) electrons. The second kappa shape index (κ2) is 4.12. The highest BCUT2D eigenvalue weighted by molar-refractivity contribution is 5.97. The van der Waals surface area contributed by atoms with E-state index in [2.05, 4.69) is 5.32 Å². The maximum absolute atomic E-state index is 13.3. The zero-order valence-electron chi connectivity index (χ0n) is 8.80. The molecule has 3 N–H and O–H groups in total. The Kier molecular flexibility index (Phi) is 2.79. The van der Waals surface area contributed by atoms with E-state index in [0.29, 0.717) is 6.07 Å². The van der Waals surface area contributed by atoms with Gasteiger partial charge >= 0.3 is 0 Å². The van der Waals surface area contributed by atoms with Crippen molar-refractivity contribution < 1.29 is 18.4 Å². The van der Waals surface area contributed by atoms with Crippen LogP contribution in [0.2, 0.25) is 0 Å². The molecular formula is C11H10F2N2O2.